The van der Waals surface area contributed by atoms with E-state index < -0.39 is 0 Å². The van der Waals surface area contributed by atoms with Crippen molar-refractivity contribution in [1.82, 2.24) is 0 Å². The zero-order valence-electron chi connectivity index (χ0n) is 8.03. The van der Waals surface area contributed by atoms with Crippen molar-refractivity contribution in [2.45, 2.75) is 20.3 Å². The number of benzene rings is 1. The largest absolute Gasteiger partial charge is 0.328 e. The molecule has 0 unspecified atom stereocenters. The van der Waals surface area contributed by atoms with Gasteiger partial charge in [-0.3, -0.25) is 4.79 Å². The van der Waals surface area contributed by atoms with Crippen LogP contribution in [0.15, 0.2) is 6.07 Å². The van der Waals surface area contributed by atoms with Crippen LogP contribution in [0.4, 0.5) is 5.69 Å². The second-order valence-electron chi connectivity index (χ2n) is 2.94. The first-order valence-electron chi connectivity index (χ1n) is 4.29. The Morgan fingerprint density at radius 2 is 2.14 bits per heavy atom. The van der Waals surface area contributed by atoms with Gasteiger partial charge in [0, 0.05) is 10.7 Å². The van der Waals surface area contributed by atoms with Gasteiger partial charge in [-0.25, -0.2) is 0 Å². The molecule has 0 saturated carbocycles. The van der Waals surface area contributed by atoms with E-state index in [9.17, 15) is 4.79 Å². The molecule has 1 aromatic carbocycles. The molecule has 0 heterocycles. The van der Waals surface area contributed by atoms with Crippen molar-refractivity contribution < 1.29 is 4.79 Å². The summed E-state index contributed by atoms with van der Waals surface area (Å²) in [6.45, 7) is 3.84. The second kappa shape index (κ2) is 4.67. The Balaban J connectivity index is 3.31. The molecule has 1 aromatic rings. The molecule has 1 rings (SSSR count). The van der Waals surface area contributed by atoms with Crippen LogP contribution in [-0.2, 0) is 11.2 Å². The molecule has 0 fully saturated rings. The molecule has 2 nitrogen and oxygen atoms in total. The van der Waals surface area contributed by atoms with E-state index in [1.165, 1.54) is 0 Å². The molecule has 0 radical (unpaired) electrons. The van der Waals surface area contributed by atoms with Gasteiger partial charge < -0.3 is 5.32 Å². The van der Waals surface area contributed by atoms with Gasteiger partial charge in [0.2, 0.25) is 6.41 Å². The minimum atomic E-state index is 0.590. The Morgan fingerprint density at radius 3 is 2.64 bits per heavy atom. The highest BCUT2D eigenvalue weighted by atomic mass is 35.5. The highest BCUT2D eigenvalue weighted by Gasteiger charge is 2.10. The van der Waals surface area contributed by atoms with Crippen LogP contribution in [0.5, 0.6) is 0 Å². The van der Waals surface area contributed by atoms with Crippen LogP contribution in [-0.4, -0.2) is 6.41 Å². The predicted molar refractivity (Wildman–Crippen MR) is 60.3 cm³/mol. The smallest absolute Gasteiger partial charge is 0.211 e. The Bertz CT molecular complexity index is 364. The summed E-state index contributed by atoms with van der Waals surface area (Å²) in [6.07, 6.45) is 1.39. The topological polar surface area (TPSA) is 29.1 Å². The normalized spacial score (nSPS) is 10.0. The molecule has 0 aliphatic heterocycles. The summed E-state index contributed by atoms with van der Waals surface area (Å²) in [7, 11) is 0. The molecule has 14 heavy (non-hydrogen) atoms. The Labute approximate surface area is 93.2 Å². The van der Waals surface area contributed by atoms with E-state index in [0.717, 1.165) is 17.5 Å². The van der Waals surface area contributed by atoms with Crippen LogP contribution in [0.2, 0.25) is 10.0 Å². The summed E-state index contributed by atoms with van der Waals surface area (Å²) in [6, 6.07) is 1.72. The maximum absolute atomic E-state index is 10.3. The van der Waals surface area contributed by atoms with E-state index in [1.807, 2.05) is 13.8 Å². The standard InChI is InChI=1S/C10H11Cl2NO/c1-3-7-8(11)4-9(13-5-14)6(2)10(7)12/h4-5H,3H2,1-2H3,(H,13,14). The zero-order valence-corrected chi connectivity index (χ0v) is 9.54. The molecule has 1 N–H and O–H groups in total. The molecule has 0 aliphatic rings. The average molecular weight is 232 g/mol. The van der Waals surface area contributed by atoms with Gasteiger partial charge in [0.15, 0.2) is 0 Å². The van der Waals surface area contributed by atoms with Crippen LogP contribution >= 0.6 is 23.2 Å². The van der Waals surface area contributed by atoms with E-state index in [-0.39, 0.29) is 0 Å². The molecule has 0 aliphatic carbocycles. The number of amides is 1. The molecule has 4 heteroatoms. The monoisotopic (exact) mass is 231 g/mol. The van der Waals surface area contributed by atoms with Crippen molar-refractivity contribution in [3.63, 3.8) is 0 Å². The number of anilines is 1. The lowest BCUT2D eigenvalue weighted by Gasteiger charge is -2.11. The first-order valence-corrected chi connectivity index (χ1v) is 5.05. The number of halogens is 2. The minimum Gasteiger partial charge on any atom is -0.328 e. The zero-order chi connectivity index (χ0) is 10.7. The summed E-state index contributed by atoms with van der Waals surface area (Å²) in [5, 5.41) is 3.78. The van der Waals surface area contributed by atoms with Gasteiger partial charge in [0.05, 0.1) is 5.02 Å². The van der Waals surface area contributed by atoms with Crippen LogP contribution in [0.1, 0.15) is 18.1 Å². The lowest BCUT2D eigenvalue weighted by Crippen LogP contribution is -1.99. The van der Waals surface area contributed by atoms with Gasteiger partial charge >= 0.3 is 0 Å². The number of rotatable bonds is 3. The van der Waals surface area contributed by atoms with E-state index in [4.69, 9.17) is 23.2 Å². The number of carbonyl (C=O) groups is 1. The van der Waals surface area contributed by atoms with Crippen molar-refractivity contribution in [3.8, 4) is 0 Å². The summed E-state index contributed by atoms with van der Waals surface area (Å²) in [5.41, 5.74) is 2.43. The molecular weight excluding hydrogens is 221 g/mol. The Hall–Kier alpha value is -0.730. The molecule has 0 aromatic heterocycles. The van der Waals surface area contributed by atoms with Crippen molar-refractivity contribution in [2.24, 2.45) is 0 Å². The minimum absolute atomic E-state index is 0.590. The lowest BCUT2D eigenvalue weighted by molar-refractivity contribution is -0.105. The van der Waals surface area contributed by atoms with Crippen molar-refractivity contribution in [3.05, 3.63) is 27.2 Å². The van der Waals surface area contributed by atoms with Gasteiger partial charge in [-0.2, -0.15) is 0 Å². The maximum atomic E-state index is 10.3. The fourth-order valence-corrected chi connectivity index (χ4v) is 2.03. The summed E-state index contributed by atoms with van der Waals surface area (Å²) in [5.74, 6) is 0. The van der Waals surface area contributed by atoms with Gasteiger partial charge in [-0.1, -0.05) is 30.1 Å². The van der Waals surface area contributed by atoms with Crippen LogP contribution in [0.3, 0.4) is 0 Å². The van der Waals surface area contributed by atoms with Gasteiger partial charge in [0.1, 0.15) is 0 Å². The van der Waals surface area contributed by atoms with Crippen molar-refractivity contribution >= 4 is 35.3 Å². The van der Waals surface area contributed by atoms with Gasteiger partial charge in [0.25, 0.3) is 0 Å². The molecule has 76 valence electrons. The molecule has 0 spiro atoms. The summed E-state index contributed by atoms with van der Waals surface area (Å²) < 4.78 is 0. The molecule has 0 bridgehead atoms. The quantitative estimate of drug-likeness (QED) is 0.794. The molecule has 1 amide bonds. The molecule has 0 saturated heterocycles. The Morgan fingerprint density at radius 1 is 1.50 bits per heavy atom. The SMILES string of the molecule is CCc1c(Cl)cc(NC=O)c(C)c1Cl. The van der Waals surface area contributed by atoms with Crippen molar-refractivity contribution in [1.29, 1.82) is 0 Å². The second-order valence-corrected chi connectivity index (χ2v) is 3.72. The fourth-order valence-electron chi connectivity index (χ4n) is 1.31. The fraction of sp³-hybridized carbons (Fsp3) is 0.300. The van der Waals surface area contributed by atoms with Gasteiger partial charge in [-0.05, 0) is 30.5 Å². The number of hydrogen-bond donors (Lipinski definition) is 1. The van der Waals surface area contributed by atoms with Crippen LogP contribution in [0.25, 0.3) is 0 Å². The van der Waals surface area contributed by atoms with Crippen molar-refractivity contribution in [2.75, 3.05) is 5.32 Å². The van der Waals surface area contributed by atoms with E-state index in [0.29, 0.717) is 22.1 Å². The third-order valence-electron chi connectivity index (χ3n) is 2.13. The average Bonchev–Trinajstić information content (AvgIpc) is 2.15. The lowest BCUT2D eigenvalue weighted by atomic mass is 10.1. The van der Waals surface area contributed by atoms with Gasteiger partial charge in [-0.15, -0.1) is 0 Å². The first kappa shape index (κ1) is 11.3. The van der Waals surface area contributed by atoms with E-state index in [1.54, 1.807) is 6.07 Å². The summed E-state index contributed by atoms with van der Waals surface area (Å²) >= 11 is 12.1. The van der Waals surface area contributed by atoms with Crippen LogP contribution < -0.4 is 5.32 Å². The summed E-state index contributed by atoms with van der Waals surface area (Å²) in [4.78, 5) is 10.3. The third kappa shape index (κ3) is 2.02. The number of carbonyl (C=O) groups excluding carboxylic acids is 1. The predicted octanol–water partition coefficient (Wildman–Crippen LogP) is 3.43. The highest BCUT2D eigenvalue weighted by Crippen LogP contribution is 2.33. The first-order chi connectivity index (χ1) is 6.61. The van der Waals surface area contributed by atoms with E-state index in [2.05, 4.69) is 5.32 Å². The highest BCUT2D eigenvalue weighted by molar-refractivity contribution is 6.37. The molecular formula is C10H11Cl2NO. The third-order valence-corrected chi connectivity index (χ3v) is 2.97. The number of nitrogens with one attached hydrogen (secondary N) is 1. The van der Waals surface area contributed by atoms with E-state index >= 15 is 0 Å². The number of hydrogen-bond acceptors (Lipinski definition) is 1. The molecule has 0 atom stereocenters. The van der Waals surface area contributed by atoms with Crippen LogP contribution in [0, 0.1) is 6.92 Å². The Kier molecular flexibility index (Phi) is 3.78. The maximum Gasteiger partial charge on any atom is 0.211 e.